The second-order valence-corrected chi connectivity index (χ2v) is 10.9. The van der Waals surface area contributed by atoms with E-state index in [1.54, 1.807) is 14.2 Å². The molecule has 3 aromatic carbocycles. The van der Waals surface area contributed by atoms with E-state index >= 15 is 0 Å². The Bertz CT molecular complexity index is 1380. The van der Waals surface area contributed by atoms with Gasteiger partial charge in [0.1, 0.15) is 11.9 Å². The average molecular weight is 513 g/mol. The van der Waals surface area contributed by atoms with E-state index in [4.69, 9.17) is 14.2 Å². The molecule has 1 fully saturated rings. The highest BCUT2D eigenvalue weighted by atomic mass is 16.5. The minimum atomic E-state index is 0.302. The third-order valence-electron chi connectivity index (χ3n) is 7.79. The van der Waals surface area contributed by atoms with Crippen molar-refractivity contribution < 1.29 is 14.2 Å². The molecule has 1 N–H and O–H groups in total. The minimum absolute atomic E-state index is 0.302. The predicted octanol–water partition coefficient (Wildman–Crippen LogP) is 7.89. The first-order valence-electron chi connectivity index (χ1n) is 13.8. The molecule has 0 amide bonds. The zero-order chi connectivity index (χ0) is 26.8. The molecule has 1 aliphatic heterocycles. The van der Waals surface area contributed by atoms with Crippen LogP contribution in [0.1, 0.15) is 52.0 Å². The summed E-state index contributed by atoms with van der Waals surface area (Å²) >= 11 is 0. The molecule has 200 valence electrons. The van der Waals surface area contributed by atoms with Crippen LogP contribution in [-0.4, -0.2) is 49.3 Å². The van der Waals surface area contributed by atoms with Gasteiger partial charge in [-0.3, -0.25) is 0 Å². The molecular weight excluding hydrogens is 472 g/mol. The summed E-state index contributed by atoms with van der Waals surface area (Å²) in [6.07, 6.45) is 2.48. The molecule has 5 nitrogen and oxygen atoms in total. The molecule has 0 unspecified atom stereocenters. The number of H-pyrrole nitrogens is 1. The molecule has 0 aliphatic carbocycles. The van der Waals surface area contributed by atoms with Gasteiger partial charge >= 0.3 is 0 Å². The third-order valence-corrected chi connectivity index (χ3v) is 7.79. The van der Waals surface area contributed by atoms with E-state index in [1.807, 2.05) is 12.1 Å². The number of methoxy groups -OCH3 is 2. The van der Waals surface area contributed by atoms with Crippen molar-refractivity contribution in [2.24, 2.45) is 0 Å². The number of benzene rings is 3. The van der Waals surface area contributed by atoms with Crippen LogP contribution in [0.3, 0.4) is 0 Å². The molecule has 1 saturated heterocycles. The summed E-state index contributed by atoms with van der Waals surface area (Å²) in [5.74, 6) is 2.76. The van der Waals surface area contributed by atoms with E-state index in [0.717, 1.165) is 60.0 Å². The predicted molar refractivity (Wildman–Crippen MR) is 157 cm³/mol. The Morgan fingerprint density at radius 3 is 2.05 bits per heavy atom. The summed E-state index contributed by atoms with van der Waals surface area (Å²) in [6, 6.07) is 22.0. The van der Waals surface area contributed by atoms with Crippen molar-refractivity contribution >= 4 is 10.9 Å². The molecule has 1 aromatic heterocycles. The Labute approximate surface area is 226 Å². The first-order valence-corrected chi connectivity index (χ1v) is 13.8. The van der Waals surface area contributed by atoms with Gasteiger partial charge in [-0.15, -0.1) is 0 Å². The van der Waals surface area contributed by atoms with Gasteiger partial charge in [-0.05, 0) is 91.8 Å². The Balaban J connectivity index is 1.40. The number of hydrogen-bond acceptors (Lipinski definition) is 4. The minimum Gasteiger partial charge on any atom is -0.493 e. The highest BCUT2D eigenvalue weighted by Gasteiger charge is 2.22. The van der Waals surface area contributed by atoms with Gasteiger partial charge < -0.3 is 24.1 Å². The summed E-state index contributed by atoms with van der Waals surface area (Å²) in [6.45, 7) is 11.3. The van der Waals surface area contributed by atoms with Crippen LogP contribution in [0.5, 0.6) is 17.2 Å². The molecule has 2 heterocycles. The molecular formula is C33H40N2O3. The van der Waals surface area contributed by atoms with E-state index < -0.39 is 0 Å². The van der Waals surface area contributed by atoms with E-state index in [9.17, 15) is 0 Å². The van der Waals surface area contributed by atoms with Gasteiger partial charge in [0.05, 0.1) is 19.9 Å². The molecule has 0 atom stereocenters. The van der Waals surface area contributed by atoms with Crippen LogP contribution in [0.15, 0.2) is 60.7 Å². The second kappa shape index (κ2) is 11.1. The van der Waals surface area contributed by atoms with E-state index in [2.05, 4.69) is 86.1 Å². The molecule has 5 heteroatoms. The number of aromatic nitrogens is 1. The molecule has 38 heavy (non-hydrogen) atoms. The molecule has 0 spiro atoms. The van der Waals surface area contributed by atoms with Gasteiger partial charge in [0.15, 0.2) is 11.5 Å². The summed E-state index contributed by atoms with van der Waals surface area (Å²) in [7, 11) is 3.34. The van der Waals surface area contributed by atoms with Gasteiger partial charge in [0.2, 0.25) is 0 Å². The second-order valence-electron chi connectivity index (χ2n) is 10.9. The number of nitrogens with one attached hydrogen (secondary N) is 1. The zero-order valence-corrected chi connectivity index (χ0v) is 23.5. The van der Waals surface area contributed by atoms with Crippen molar-refractivity contribution in [3.05, 3.63) is 66.2 Å². The van der Waals surface area contributed by atoms with Crippen LogP contribution in [0.2, 0.25) is 0 Å². The fraction of sp³-hybridized carbons (Fsp3) is 0.394. The monoisotopic (exact) mass is 512 g/mol. The fourth-order valence-electron chi connectivity index (χ4n) is 5.64. The number of fused-ring (bicyclic) bond motifs is 1. The topological polar surface area (TPSA) is 46.7 Å². The number of likely N-dealkylation sites (tertiary alicyclic amines) is 1. The number of nitrogens with zero attached hydrogens (tertiary/aromatic N) is 1. The van der Waals surface area contributed by atoms with Crippen LogP contribution >= 0.6 is 0 Å². The van der Waals surface area contributed by atoms with Crippen molar-refractivity contribution in [3.63, 3.8) is 0 Å². The third kappa shape index (κ3) is 5.25. The van der Waals surface area contributed by atoms with Gasteiger partial charge in [0.25, 0.3) is 0 Å². The largest absolute Gasteiger partial charge is 0.493 e. The summed E-state index contributed by atoms with van der Waals surface area (Å²) in [5, 5.41) is 1.25. The normalized spacial score (nSPS) is 14.9. The van der Waals surface area contributed by atoms with Crippen LogP contribution < -0.4 is 14.2 Å². The van der Waals surface area contributed by atoms with Gasteiger partial charge in [-0.25, -0.2) is 0 Å². The SMILES string of the molecule is COc1ccc(-c2[nH]c3ccc(-c4ccc(OC5CCN(C(C)C)CC5)cc4)cc3c2C(C)C)cc1OC. The fourth-order valence-corrected chi connectivity index (χ4v) is 5.64. The maximum absolute atomic E-state index is 6.33. The molecule has 0 saturated carbocycles. The van der Waals surface area contributed by atoms with Crippen molar-refractivity contribution in [1.29, 1.82) is 0 Å². The molecule has 0 radical (unpaired) electrons. The van der Waals surface area contributed by atoms with E-state index in [1.165, 1.54) is 22.1 Å². The number of hydrogen-bond donors (Lipinski definition) is 1. The smallest absolute Gasteiger partial charge is 0.161 e. The number of rotatable bonds is 8. The highest BCUT2D eigenvalue weighted by molar-refractivity contribution is 5.94. The van der Waals surface area contributed by atoms with E-state index in [0.29, 0.717) is 18.1 Å². The Kier molecular flexibility index (Phi) is 7.66. The maximum atomic E-state index is 6.33. The summed E-state index contributed by atoms with van der Waals surface area (Å²) in [4.78, 5) is 6.20. The number of ether oxygens (including phenoxy) is 3. The van der Waals surface area contributed by atoms with Crippen LogP contribution in [0, 0.1) is 0 Å². The Morgan fingerprint density at radius 2 is 1.42 bits per heavy atom. The van der Waals surface area contributed by atoms with Crippen LogP contribution in [0.4, 0.5) is 0 Å². The molecule has 4 aromatic rings. The van der Waals surface area contributed by atoms with Gasteiger partial charge in [-0.1, -0.05) is 32.0 Å². The maximum Gasteiger partial charge on any atom is 0.161 e. The van der Waals surface area contributed by atoms with Gasteiger partial charge in [0, 0.05) is 35.6 Å². The lowest BCUT2D eigenvalue weighted by molar-refractivity contribution is 0.0843. The van der Waals surface area contributed by atoms with E-state index in [-0.39, 0.29) is 0 Å². The van der Waals surface area contributed by atoms with Crippen molar-refractivity contribution in [1.82, 2.24) is 9.88 Å². The first-order chi connectivity index (χ1) is 18.4. The van der Waals surface area contributed by atoms with Crippen molar-refractivity contribution in [2.75, 3.05) is 27.3 Å². The lowest BCUT2D eigenvalue weighted by atomic mass is 9.94. The Hall–Kier alpha value is -3.44. The first kappa shape index (κ1) is 26.2. The lowest BCUT2D eigenvalue weighted by Gasteiger charge is -2.34. The summed E-state index contributed by atoms with van der Waals surface area (Å²) in [5.41, 5.74) is 7.05. The van der Waals surface area contributed by atoms with Crippen LogP contribution in [0.25, 0.3) is 33.3 Å². The lowest BCUT2D eigenvalue weighted by Crippen LogP contribution is -2.41. The number of piperidine rings is 1. The zero-order valence-electron chi connectivity index (χ0n) is 23.5. The number of aromatic amines is 1. The van der Waals surface area contributed by atoms with Crippen molar-refractivity contribution in [2.45, 2.75) is 58.6 Å². The summed E-state index contributed by atoms with van der Waals surface area (Å²) < 4.78 is 17.3. The molecule has 5 rings (SSSR count). The quantitative estimate of drug-likeness (QED) is 0.261. The molecule has 1 aliphatic rings. The standard InChI is InChI=1S/C33H40N2O3/c1-21(2)32-28-19-24(9-13-29(28)34-33(32)25-10-14-30(36-5)31(20-25)37-6)23-7-11-26(12-8-23)38-27-15-17-35(18-16-27)22(3)4/h7-14,19-22,27,34H,15-18H2,1-6H3. The van der Waals surface area contributed by atoms with Crippen LogP contribution in [-0.2, 0) is 0 Å². The van der Waals surface area contributed by atoms with Gasteiger partial charge in [-0.2, -0.15) is 0 Å². The van der Waals surface area contributed by atoms with Crippen molar-refractivity contribution in [3.8, 4) is 39.6 Å². The Morgan fingerprint density at radius 1 is 0.763 bits per heavy atom. The highest BCUT2D eigenvalue weighted by Crippen LogP contribution is 2.40. The molecule has 0 bridgehead atoms. The average Bonchev–Trinajstić information content (AvgIpc) is 3.32.